The molecule has 1 aromatic carbocycles. The molecule has 1 amide bonds. The molecule has 1 aliphatic carbocycles. The van der Waals surface area contributed by atoms with Crippen LogP contribution >= 0.6 is 35.2 Å². The Labute approximate surface area is 167 Å². The van der Waals surface area contributed by atoms with E-state index in [1.165, 1.54) is 11.3 Å². The second-order valence-electron chi connectivity index (χ2n) is 6.69. The number of hydrogen-bond acceptors (Lipinski definition) is 4. The lowest BCUT2D eigenvalue weighted by Gasteiger charge is -2.23. The first kappa shape index (κ1) is 19.0. The van der Waals surface area contributed by atoms with Gasteiger partial charge in [0.05, 0.1) is 9.39 Å². The third kappa shape index (κ3) is 4.32. The van der Waals surface area contributed by atoms with Gasteiger partial charge in [0.15, 0.2) is 0 Å². The number of aryl methyl sites for hydroxylation is 1. The van der Waals surface area contributed by atoms with Crippen molar-refractivity contribution in [1.82, 2.24) is 0 Å². The summed E-state index contributed by atoms with van der Waals surface area (Å²) in [6.45, 7) is 2.21. The fourth-order valence-corrected chi connectivity index (χ4v) is 4.91. The van der Waals surface area contributed by atoms with Crippen molar-refractivity contribution in [1.29, 1.82) is 5.26 Å². The van der Waals surface area contributed by atoms with Gasteiger partial charge in [0.1, 0.15) is 11.1 Å². The average molecular weight is 403 g/mol. The second kappa shape index (κ2) is 8.30. The van der Waals surface area contributed by atoms with E-state index in [4.69, 9.17) is 23.8 Å². The standard InChI is InChI=1S/C20H19ClN2OS2/c1-12-5-7-15-16(9-12)20(25)26-19(17(15)11-22)23-18(24)8-6-13-3-2-4-14(21)10-13/h2-4,10,12H,5-9H2,1H3,(H,23,24). The van der Waals surface area contributed by atoms with Crippen molar-refractivity contribution in [2.24, 2.45) is 5.92 Å². The molecule has 0 saturated heterocycles. The zero-order chi connectivity index (χ0) is 18.7. The van der Waals surface area contributed by atoms with Crippen LogP contribution in [0.3, 0.4) is 0 Å². The number of fused-ring (bicyclic) bond motifs is 1. The van der Waals surface area contributed by atoms with E-state index in [2.05, 4.69) is 18.3 Å². The van der Waals surface area contributed by atoms with Gasteiger partial charge in [-0.15, -0.1) is 11.3 Å². The van der Waals surface area contributed by atoms with E-state index in [9.17, 15) is 10.1 Å². The summed E-state index contributed by atoms with van der Waals surface area (Å²) in [5, 5.41) is 13.8. The molecule has 0 aliphatic heterocycles. The van der Waals surface area contributed by atoms with E-state index < -0.39 is 0 Å². The lowest BCUT2D eigenvalue weighted by molar-refractivity contribution is -0.116. The van der Waals surface area contributed by atoms with Crippen molar-refractivity contribution in [3.05, 3.63) is 55.4 Å². The summed E-state index contributed by atoms with van der Waals surface area (Å²) < 4.78 is 0.788. The molecule has 3 nitrogen and oxygen atoms in total. The van der Waals surface area contributed by atoms with Crippen molar-refractivity contribution in [2.45, 2.75) is 39.0 Å². The number of carbonyl (C=O) groups excluding carboxylic acids is 1. The van der Waals surface area contributed by atoms with Crippen molar-refractivity contribution in [2.75, 3.05) is 5.32 Å². The monoisotopic (exact) mass is 402 g/mol. The fourth-order valence-electron chi connectivity index (χ4n) is 3.29. The molecule has 1 aromatic heterocycles. The lowest BCUT2D eigenvalue weighted by Crippen LogP contribution is -2.17. The van der Waals surface area contributed by atoms with Gasteiger partial charge in [-0.3, -0.25) is 4.79 Å². The van der Waals surface area contributed by atoms with Crippen LogP contribution < -0.4 is 5.32 Å². The topological polar surface area (TPSA) is 52.9 Å². The molecule has 1 unspecified atom stereocenters. The number of hydrogen-bond donors (Lipinski definition) is 1. The van der Waals surface area contributed by atoms with Crippen LogP contribution in [-0.2, 0) is 24.1 Å². The summed E-state index contributed by atoms with van der Waals surface area (Å²) >= 11 is 12.9. The van der Waals surface area contributed by atoms with E-state index in [1.807, 2.05) is 24.3 Å². The summed E-state index contributed by atoms with van der Waals surface area (Å²) in [6, 6.07) is 9.78. The molecular formula is C20H19ClN2OS2. The molecule has 0 radical (unpaired) electrons. The summed E-state index contributed by atoms with van der Waals surface area (Å²) in [5.41, 5.74) is 3.75. The minimum atomic E-state index is -0.115. The highest BCUT2D eigenvalue weighted by Gasteiger charge is 2.23. The third-order valence-corrected chi connectivity index (χ3v) is 6.34. The normalized spacial score (nSPS) is 15.8. The summed E-state index contributed by atoms with van der Waals surface area (Å²) in [6.07, 6.45) is 3.75. The first-order valence-corrected chi connectivity index (χ1v) is 10.2. The number of amides is 1. The zero-order valence-corrected chi connectivity index (χ0v) is 16.9. The van der Waals surface area contributed by atoms with E-state index in [0.717, 1.165) is 39.8 Å². The number of nitrogens with zero attached hydrogens (tertiary/aromatic N) is 1. The first-order valence-electron chi connectivity index (χ1n) is 8.61. The Morgan fingerprint density at radius 1 is 1.46 bits per heavy atom. The van der Waals surface area contributed by atoms with Gasteiger partial charge < -0.3 is 5.32 Å². The van der Waals surface area contributed by atoms with Gasteiger partial charge in [-0.05, 0) is 60.4 Å². The number of rotatable bonds is 4. The predicted molar refractivity (Wildman–Crippen MR) is 109 cm³/mol. The number of nitriles is 1. The minimum absolute atomic E-state index is 0.115. The average Bonchev–Trinajstić information content (AvgIpc) is 2.61. The number of benzene rings is 1. The number of halogens is 1. The van der Waals surface area contributed by atoms with E-state index in [-0.39, 0.29) is 5.91 Å². The van der Waals surface area contributed by atoms with Crippen LogP contribution in [-0.4, -0.2) is 5.91 Å². The van der Waals surface area contributed by atoms with E-state index in [1.54, 1.807) is 0 Å². The number of carbonyl (C=O) groups is 1. The highest BCUT2D eigenvalue weighted by molar-refractivity contribution is 7.73. The van der Waals surface area contributed by atoms with Gasteiger partial charge in [0.2, 0.25) is 5.91 Å². The molecule has 2 aromatic rings. The second-order valence-corrected chi connectivity index (χ2v) is 8.81. The van der Waals surface area contributed by atoms with Gasteiger partial charge in [-0.1, -0.05) is 42.9 Å². The van der Waals surface area contributed by atoms with Gasteiger partial charge >= 0.3 is 0 Å². The molecule has 1 atom stereocenters. The van der Waals surface area contributed by atoms with Crippen LogP contribution in [0, 0.1) is 21.1 Å². The van der Waals surface area contributed by atoms with Crippen molar-refractivity contribution in [3.63, 3.8) is 0 Å². The lowest BCUT2D eigenvalue weighted by atomic mass is 9.85. The van der Waals surface area contributed by atoms with Crippen LogP contribution in [0.15, 0.2) is 24.3 Å². The molecule has 134 valence electrons. The fraction of sp³-hybridized carbons (Fsp3) is 0.350. The van der Waals surface area contributed by atoms with Crippen LogP contribution in [0.5, 0.6) is 0 Å². The van der Waals surface area contributed by atoms with Crippen molar-refractivity contribution >= 4 is 46.1 Å². The largest absolute Gasteiger partial charge is 0.317 e. The quantitative estimate of drug-likeness (QED) is 0.667. The molecule has 0 saturated carbocycles. The van der Waals surface area contributed by atoms with Crippen LogP contribution in [0.4, 0.5) is 5.00 Å². The number of nitrogens with one attached hydrogen (secondary N) is 1. The van der Waals surface area contributed by atoms with Crippen molar-refractivity contribution in [3.8, 4) is 6.07 Å². The molecule has 0 bridgehead atoms. The summed E-state index contributed by atoms with van der Waals surface area (Å²) in [5.74, 6) is 0.470. The van der Waals surface area contributed by atoms with Crippen LogP contribution in [0.1, 0.15) is 42.0 Å². The van der Waals surface area contributed by atoms with Gasteiger partial charge in [0, 0.05) is 11.4 Å². The summed E-state index contributed by atoms with van der Waals surface area (Å²) in [4.78, 5) is 12.4. The molecule has 1 N–H and O–H groups in total. The highest BCUT2D eigenvalue weighted by atomic mass is 35.5. The number of anilines is 1. The van der Waals surface area contributed by atoms with Crippen LogP contribution in [0.25, 0.3) is 0 Å². The molecule has 0 fully saturated rings. The summed E-state index contributed by atoms with van der Waals surface area (Å²) in [7, 11) is 0. The van der Waals surface area contributed by atoms with E-state index in [0.29, 0.717) is 34.3 Å². The Bertz CT molecular complexity index is 946. The Morgan fingerprint density at radius 2 is 2.27 bits per heavy atom. The van der Waals surface area contributed by atoms with Gasteiger partial charge in [0.25, 0.3) is 0 Å². The first-order chi connectivity index (χ1) is 12.5. The zero-order valence-electron chi connectivity index (χ0n) is 14.5. The molecule has 26 heavy (non-hydrogen) atoms. The smallest absolute Gasteiger partial charge is 0.225 e. The van der Waals surface area contributed by atoms with Gasteiger partial charge in [-0.25, -0.2) is 0 Å². The SMILES string of the molecule is CC1CCc2c(C#N)c(NC(=O)CCc3cccc(Cl)c3)sc(=S)c2C1. The molecule has 6 heteroatoms. The molecular weight excluding hydrogens is 384 g/mol. The molecule has 3 rings (SSSR count). The maximum atomic E-state index is 12.4. The Kier molecular flexibility index (Phi) is 6.08. The Morgan fingerprint density at radius 3 is 3.00 bits per heavy atom. The maximum Gasteiger partial charge on any atom is 0.225 e. The van der Waals surface area contributed by atoms with E-state index >= 15 is 0 Å². The van der Waals surface area contributed by atoms with Crippen molar-refractivity contribution < 1.29 is 4.79 Å². The molecule has 0 spiro atoms. The minimum Gasteiger partial charge on any atom is -0.317 e. The molecule has 1 heterocycles. The third-order valence-electron chi connectivity index (χ3n) is 4.67. The van der Waals surface area contributed by atoms with Gasteiger partial charge in [-0.2, -0.15) is 5.26 Å². The molecule has 1 aliphatic rings. The predicted octanol–water partition coefficient (Wildman–Crippen LogP) is 5.70. The Balaban J connectivity index is 1.77. The maximum absolute atomic E-state index is 12.4. The highest BCUT2D eigenvalue weighted by Crippen LogP contribution is 2.36. The van der Waals surface area contributed by atoms with Crippen LogP contribution in [0.2, 0.25) is 5.02 Å². The Hall–Kier alpha value is -1.74.